The van der Waals surface area contributed by atoms with E-state index in [1.54, 1.807) is 0 Å². The Morgan fingerprint density at radius 1 is 1.35 bits per heavy atom. The van der Waals surface area contributed by atoms with E-state index >= 15 is 0 Å². The van der Waals surface area contributed by atoms with Crippen LogP contribution in [-0.4, -0.2) is 43.0 Å². The highest BCUT2D eigenvalue weighted by atomic mass is 16.2. The third kappa shape index (κ3) is 5.04. The number of nitrogens with two attached hydrogens (primary N) is 1. The molecule has 1 aliphatic rings. The summed E-state index contributed by atoms with van der Waals surface area (Å²) in [5.41, 5.74) is 5.71. The number of likely N-dealkylation sites (tertiary alicyclic amines) is 1. The maximum absolute atomic E-state index is 11.7. The van der Waals surface area contributed by atoms with Crippen molar-refractivity contribution in [3.05, 3.63) is 0 Å². The molecule has 4 heteroatoms. The zero-order chi connectivity index (χ0) is 12.9. The van der Waals surface area contributed by atoms with Crippen LogP contribution in [0.2, 0.25) is 0 Å². The minimum absolute atomic E-state index is 0.0288. The molecule has 1 atom stereocenters. The van der Waals surface area contributed by atoms with Gasteiger partial charge in [0.25, 0.3) is 0 Å². The number of nitrogens with one attached hydrogen (secondary N) is 1. The first kappa shape index (κ1) is 14.5. The highest BCUT2D eigenvalue weighted by molar-refractivity contribution is 5.82. The number of carbonyl (C=O) groups excluding carboxylic acids is 1. The predicted octanol–water partition coefficient (Wildman–Crippen LogP) is 0.962. The molecule has 0 aromatic rings. The van der Waals surface area contributed by atoms with Crippen molar-refractivity contribution in [2.75, 3.05) is 26.2 Å². The van der Waals surface area contributed by atoms with Gasteiger partial charge in [-0.1, -0.05) is 20.8 Å². The van der Waals surface area contributed by atoms with Crippen LogP contribution in [0.15, 0.2) is 0 Å². The van der Waals surface area contributed by atoms with Crippen molar-refractivity contribution in [3.63, 3.8) is 0 Å². The number of nitrogens with zero attached hydrogens (tertiary/aromatic N) is 1. The van der Waals surface area contributed by atoms with Gasteiger partial charge in [0.05, 0.1) is 6.04 Å². The number of hydrogen-bond acceptors (Lipinski definition) is 3. The molecule has 0 bridgehead atoms. The fraction of sp³-hybridized carbons (Fsp3) is 0.923. The molecular formula is C13H27N3O. The Bertz CT molecular complexity index is 242. The molecule has 0 radical (unpaired) electrons. The van der Waals surface area contributed by atoms with Crippen molar-refractivity contribution in [1.82, 2.24) is 10.2 Å². The van der Waals surface area contributed by atoms with Crippen molar-refractivity contribution in [1.29, 1.82) is 0 Å². The summed E-state index contributed by atoms with van der Waals surface area (Å²) in [6.45, 7) is 10.2. The monoisotopic (exact) mass is 241 g/mol. The van der Waals surface area contributed by atoms with Gasteiger partial charge in [-0.25, -0.2) is 0 Å². The van der Waals surface area contributed by atoms with Crippen LogP contribution >= 0.6 is 0 Å². The van der Waals surface area contributed by atoms with E-state index in [1.165, 1.54) is 25.9 Å². The first-order valence-electron chi connectivity index (χ1n) is 6.67. The van der Waals surface area contributed by atoms with Crippen molar-refractivity contribution in [3.8, 4) is 0 Å². The van der Waals surface area contributed by atoms with Gasteiger partial charge in [-0.05, 0) is 44.3 Å². The summed E-state index contributed by atoms with van der Waals surface area (Å²) >= 11 is 0. The molecule has 1 fully saturated rings. The van der Waals surface area contributed by atoms with Crippen LogP contribution in [0, 0.1) is 5.41 Å². The summed E-state index contributed by atoms with van der Waals surface area (Å²) in [5.74, 6) is -0.0288. The molecule has 4 nitrogen and oxygen atoms in total. The third-order valence-electron chi connectivity index (χ3n) is 3.36. The van der Waals surface area contributed by atoms with Gasteiger partial charge < -0.3 is 16.0 Å². The zero-order valence-electron chi connectivity index (χ0n) is 11.5. The minimum atomic E-state index is -0.422. The number of carbonyl (C=O) groups is 1. The lowest BCUT2D eigenvalue weighted by Gasteiger charge is -2.26. The zero-order valence-corrected chi connectivity index (χ0v) is 11.5. The maximum Gasteiger partial charge on any atom is 0.237 e. The highest BCUT2D eigenvalue weighted by Gasteiger charge is 2.26. The van der Waals surface area contributed by atoms with Crippen molar-refractivity contribution in [2.45, 2.75) is 46.1 Å². The smallest absolute Gasteiger partial charge is 0.237 e. The fourth-order valence-corrected chi connectivity index (χ4v) is 2.02. The van der Waals surface area contributed by atoms with E-state index < -0.39 is 6.04 Å². The van der Waals surface area contributed by atoms with Crippen LogP contribution in [0.3, 0.4) is 0 Å². The van der Waals surface area contributed by atoms with Gasteiger partial charge in [-0.15, -0.1) is 0 Å². The Hall–Kier alpha value is -0.610. The van der Waals surface area contributed by atoms with Gasteiger partial charge in [0.2, 0.25) is 5.91 Å². The number of hydrogen-bond donors (Lipinski definition) is 2. The summed E-state index contributed by atoms with van der Waals surface area (Å²) < 4.78 is 0. The third-order valence-corrected chi connectivity index (χ3v) is 3.36. The van der Waals surface area contributed by atoms with E-state index in [4.69, 9.17) is 5.73 Å². The molecule has 0 aromatic heterocycles. The molecule has 1 saturated heterocycles. The molecule has 100 valence electrons. The fourth-order valence-electron chi connectivity index (χ4n) is 2.02. The Balaban J connectivity index is 2.11. The molecule has 1 amide bonds. The van der Waals surface area contributed by atoms with Crippen LogP contribution < -0.4 is 11.1 Å². The van der Waals surface area contributed by atoms with E-state index in [-0.39, 0.29) is 11.3 Å². The van der Waals surface area contributed by atoms with Gasteiger partial charge in [-0.2, -0.15) is 0 Å². The second kappa shape index (κ2) is 6.36. The molecular weight excluding hydrogens is 214 g/mol. The summed E-state index contributed by atoms with van der Waals surface area (Å²) in [5, 5.41) is 2.92. The Kier molecular flexibility index (Phi) is 5.40. The molecule has 0 aromatic carbocycles. The lowest BCUT2D eigenvalue weighted by molar-refractivity contribution is -0.124. The lowest BCUT2D eigenvalue weighted by Crippen LogP contribution is -2.49. The van der Waals surface area contributed by atoms with E-state index in [0.29, 0.717) is 0 Å². The molecule has 1 heterocycles. The number of amides is 1. The van der Waals surface area contributed by atoms with Gasteiger partial charge in [0.1, 0.15) is 0 Å². The largest absolute Gasteiger partial charge is 0.355 e. The summed E-state index contributed by atoms with van der Waals surface area (Å²) in [6, 6.07) is -0.422. The molecule has 0 spiro atoms. The first-order valence-corrected chi connectivity index (χ1v) is 6.67. The van der Waals surface area contributed by atoms with Crippen molar-refractivity contribution >= 4 is 5.91 Å². The van der Waals surface area contributed by atoms with Gasteiger partial charge in [0.15, 0.2) is 0 Å². The van der Waals surface area contributed by atoms with Crippen LogP contribution in [0.5, 0.6) is 0 Å². The molecule has 0 unspecified atom stereocenters. The molecule has 0 aliphatic carbocycles. The van der Waals surface area contributed by atoms with E-state index in [0.717, 1.165) is 19.5 Å². The van der Waals surface area contributed by atoms with E-state index in [1.807, 2.05) is 20.8 Å². The molecule has 1 rings (SSSR count). The standard InChI is InChI=1S/C13H27N3O/c1-13(2,3)11(14)12(17)15-7-6-10-16-8-4-5-9-16/h11H,4-10,14H2,1-3H3,(H,15,17)/t11-/m1/s1. The summed E-state index contributed by atoms with van der Waals surface area (Å²) in [7, 11) is 0. The quantitative estimate of drug-likeness (QED) is 0.705. The summed E-state index contributed by atoms with van der Waals surface area (Å²) in [4.78, 5) is 14.2. The van der Waals surface area contributed by atoms with Gasteiger partial charge in [0, 0.05) is 6.54 Å². The minimum Gasteiger partial charge on any atom is -0.355 e. The number of rotatable bonds is 5. The topological polar surface area (TPSA) is 58.4 Å². The summed E-state index contributed by atoms with van der Waals surface area (Å²) in [6.07, 6.45) is 3.66. The Labute approximate surface area is 105 Å². The first-order chi connectivity index (χ1) is 7.91. The lowest BCUT2D eigenvalue weighted by atomic mass is 9.87. The van der Waals surface area contributed by atoms with Crippen LogP contribution in [0.4, 0.5) is 0 Å². The van der Waals surface area contributed by atoms with Crippen LogP contribution in [0.1, 0.15) is 40.0 Å². The maximum atomic E-state index is 11.7. The highest BCUT2D eigenvalue weighted by Crippen LogP contribution is 2.17. The molecule has 1 aliphatic heterocycles. The molecule has 3 N–H and O–H groups in total. The van der Waals surface area contributed by atoms with Gasteiger partial charge >= 0.3 is 0 Å². The van der Waals surface area contributed by atoms with Crippen LogP contribution in [-0.2, 0) is 4.79 Å². The van der Waals surface area contributed by atoms with Crippen molar-refractivity contribution < 1.29 is 4.79 Å². The second-order valence-corrected chi connectivity index (χ2v) is 6.04. The second-order valence-electron chi connectivity index (χ2n) is 6.04. The van der Waals surface area contributed by atoms with E-state index in [2.05, 4.69) is 10.2 Å². The van der Waals surface area contributed by atoms with Gasteiger partial charge in [-0.3, -0.25) is 4.79 Å². The SMILES string of the molecule is CC(C)(C)[C@H](N)C(=O)NCCCN1CCCC1. The van der Waals surface area contributed by atoms with Crippen LogP contribution in [0.25, 0.3) is 0 Å². The average Bonchev–Trinajstić information content (AvgIpc) is 2.74. The average molecular weight is 241 g/mol. The predicted molar refractivity (Wildman–Crippen MR) is 70.7 cm³/mol. The molecule has 17 heavy (non-hydrogen) atoms. The molecule has 0 saturated carbocycles. The Morgan fingerprint density at radius 2 is 1.94 bits per heavy atom. The normalized spacial score (nSPS) is 19.3. The van der Waals surface area contributed by atoms with Crippen molar-refractivity contribution in [2.24, 2.45) is 11.1 Å². The Morgan fingerprint density at radius 3 is 2.47 bits per heavy atom. The van der Waals surface area contributed by atoms with E-state index in [9.17, 15) is 4.79 Å².